The number of amidine groups is 2. The van der Waals surface area contributed by atoms with Crippen molar-refractivity contribution in [3.8, 4) is 5.69 Å². The zero-order valence-electron chi connectivity index (χ0n) is 23.7. The normalized spacial score (nSPS) is 15.1. The number of aromatic nitrogens is 2. The summed E-state index contributed by atoms with van der Waals surface area (Å²) < 4.78 is 6.83. The van der Waals surface area contributed by atoms with Gasteiger partial charge in [0.15, 0.2) is 17.5 Å². The third-order valence-electron chi connectivity index (χ3n) is 7.72. The zero-order valence-corrected chi connectivity index (χ0v) is 24.5. The maximum atomic E-state index is 12.3. The van der Waals surface area contributed by atoms with E-state index in [1.165, 1.54) is 7.11 Å². The van der Waals surface area contributed by atoms with Crippen molar-refractivity contribution in [1.82, 2.24) is 9.78 Å². The molecule has 0 fully saturated rings. The van der Waals surface area contributed by atoms with Crippen LogP contribution in [0, 0.1) is 13.8 Å². The van der Waals surface area contributed by atoms with E-state index in [4.69, 9.17) is 31.4 Å². The van der Waals surface area contributed by atoms with Gasteiger partial charge in [-0.2, -0.15) is 5.10 Å². The van der Waals surface area contributed by atoms with E-state index < -0.39 is 0 Å². The fraction of sp³-hybridized carbons (Fsp3) is 0.118. The Morgan fingerprint density at radius 2 is 1.65 bits per heavy atom. The average Bonchev–Trinajstić information content (AvgIpc) is 3.37. The van der Waals surface area contributed by atoms with Gasteiger partial charge in [-0.15, -0.1) is 0 Å². The Morgan fingerprint density at radius 3 is 2.40 bits per heavy atom. The zero-order chi connectivity index (χ0) is 29.7. The number of aliphatic imine (C=N–C) groups is 2. The number of ether oxygens (including phenoxy) is 1. The number of hydrogen-bond acceptors (Lipinski definition) is 7. The molecule has 7 rings (SSSR count). The van der Waals surface area contributed by atoms with Crippen LogP contribution in [-0.4, -0.2) is 34.5 Å². The van der Waals surface area contributed by atoms with Crippen LogP contribution >= 0.6 is 11.6 Å². The van der Waals surface area contributed by atoms with Crippen LogP contribution in [0.4, 0.5) is 22.9 Å². The molecule has 1 unspecified atom stereocenters. The Morgan fingerprint density at radius 1 is 0.907 bits per heavy atom. The number of para-hydroxylation sites is 3. The second-order valence-corrected chi connectivity index (χ2v) is 10.8. The van der Waals surface area contributed by atoms with E-state index >= 15 is 0 Å². The fourth-order valence-corrected chi connectivity index (χ4v) is 5.77. The average molecular weight is 587 g/mol. The first-order valence-electron chi connectivity index (χ1n) is 13.9. The summed E-state index contributed by atoms with van der Waals surface area (Å²) in [6, 6.07) is 31.0. The SMILES string of the molecule is COC(=O)c1ccc(C2c3c(C)nn(-c4ccccc4)c3N=C3C(Nc4ccc(C)c(Cl)c4)=Nc4ccccc4N32)cc1. The molecule has 2 aliphatic rings. The monoisotopic (exact) mass is 586 g/mol. The van der Waals surface area contributed by atoms with Crippen LogP contribution in [0.25, 0.3) is 5.69 Å². The van der Waals surface area contributed by atoms with Gasteiger partial charge in [0.05, 0.1) is 41.5 Å². The number of aryl methyl sites for hydroxylation is 2. The van der Waals surface area contributed by atoms with Gasteiger partial charge < -0.3 is 15.0 Å². The van der Waals surface area contributed by atoms with E-state index in [0.717, 1.165) is 45.1 Å². The van der Waals surface area contributed by atoms with E-state index in [0.29, 0.717) is 28.1 Å². The lowest BCUT2D eigenvalue weighted by Crippen LogP contribution is -2.46. The quantitative estimate of drug-likeness (QED) is 0.218. The number of carbonyl (C=O) groups excluding carboxylic acids is 1. The number of esters is 1. The van der Waals surface area contributed by atoms with E-state index in [-0.39, 0.29) is 12.0 Å². The molecule has 3 heterocycles. The van der Waals surface area contributed by atoms with Gasteiger partial charge >= 0.3 is 5.97 Å². The first-order chi connectivity index (χ1) is 20.9. The summed E-state index contributed by atoms with van der Waals surface area (Å²) in [6.45, 7) is 3.98. The minimum absolute atomic E-state index is 0.318. The number of halogens is 1. The van der Waals surface area contributed by atoms with E-state index in [1.807, 2.05) is 103 Å². The van der Waals surface area contributed by atoms with Crippen molar-refractivity contribution in [3.63, 3.8) is 0 Å². The second kappa shape index (κ2) is 10.6. The molecule has 1 aromatic heterocycles. The minimum atomic E-state index is -0.384. The van der Waals surface area contributed by atoms with E-state index in [2.05, 4.69) is 10.2 Å². The molecule has 0 aliphatic carbocycles. The summed E-state index contributed by atoms with van der Waals surface area (Å²) >= 11 is 6.49. The highest BCUT2D eigenvalue weighted by Gasteiger charge is 2.41. The second-order valence-electron chi connectivity index (χ2n) is 10.4. The van der Waals surface area contributed by atoms with Gasteiger partial charge in [0.2, 0.25) is 0 Å². The first kappa shape index (κ1) is 26.7. The Balaban J connectivity index is 1.47. The van der Waals surface area contributed by atoms with Gasteiger partial charge in [0.1, 0.15) is 0 Å². The molecule has 8 nitrogen and oxygen atoms in total. The minimum Gasteiger partial charge on any atom is -0.465 e. The molecule has 5 aromatic rings. The van der Waals surface area contributed by atoms with Crippen molar-refractivity contribution in [1.29, 1.82) is 0 Å². The molecule has 0 saturated heterocycles. The largest absolute Gasteiger partial charge is 0.465 e. The molecule has 4 aromatic carbocycles. The number of rotatable bonds is 4. The summed E-state index contributed by atoms with van der Waals surface area (Å²) in [5.41, 5.74) is 7.66. The fourth-order valence-electron chi connectivity index (χ4n) is 5.59. The lowest BCUT2D eigenvalue weighted by atomic mass is 9.92. The lowest BCUT2D eigenvalue weighted by Gasteiger charge is -2.40. The maximum absolute atomic E-state index is 12.3. The summed E-state index contributed by atoms with van der Waals surface area (Å²) in [6.07, 6.45) is 0. The van der Waals surface area contributed by atoms with Crippen LogP contribution in [0.2, 0.25) is 5.02 Å². The van der Waals surface area contributed by atoms with E-state index in [9.17, 15) is 4.79 Å². The third-order valence-corrected chi connectivity index (χ3v) is 8.13. The highest BCUT2D eigenvalue weighted by Crippen LogP contribution is 2.48. The van der Waals surface area contributed by atoms with Crippen molar-refractivity contribution in [2.24, 2.45) is 9.98 Å². The number of anilines is 2. The van der Waals surface area contributed by atoms with Gasteiger partial charge in [0.25, 0.3) is 0 Å². The molecule has 2 aliphatic heterocycles. The Kier molecular flexibility index (Phi) is 6.55. The van der Waals surface area contributed by atoms with Gasteiger partial charge in [-0.1, -0.05) is 60.1 Å². The molecular weight excluding hydrogens is 560 g/mol. The van der Waals surface area contributed by atoms with Crippen LogP contribution in [0.3, 0.4) is 0 Å². The first-order valence-corrected chi connectivity index (χ1v) is 14.2. The molecular formula is C34H27ClN6O2. The smallest absolute Gasteiger partial charge is 0.337 e. The molecule has 1 atom stereocenters. The summed E-state index contributed by atoms with van der Waals surface area (Å²) in [7, 11) is 1.38. The van der Waals surface area contributed by atoms with Gasteiger partial charge in [-0.05, 0) is 73.5 Å². The molecule has 0 bridgehead atoms. The summed E-state index contributed by atoms with van der Waals surface area (Å²) in [5, 5.41) is 9.12. The Labute approximate surface area is 253 Å². The van der Waals surface area contributed by atoms with Gasteiger partial charge in [-0.25, -0.2) is 19.5 Å². The summed E-state index contributed by atoms with van der Waals surface area (Å²) in [4.78, 5) is 24.8. The van der Waals surface area contributed by atoms with Crippen molar-refractivity contribution in [3.05, 3.63) is 130 Å². The molecule has 0 spiro atoms. The number of hydrogen-bond donors (Lipinski definition) is 1. The van der Waals surface area contributed by atoms with Crippen LogP contribution in [0.1, 0.15) is 38.8 Å². The Bertz CT molecular complexity index is 1950. The molecule has 0 amide bonds. The highest BCUT2D eigenvalue weighted by molar-refractivity contribution is 6.51. The van der Waals surface area contributed by atoms with Crippen molar-refractivity contribution >= 4 is 52.1 Å². The van der Waals surface area contributed by atoms with Crippen LogP contribution in [0.15, 0.2) is 107 Å². The van der Waals surface area contributed by atoms with Crippen molar-refractivity contribution in [2.75, 3.05) is 17.3 Å². The Hall–Kier alpha value is -5.21. The lowest BCUT2D eigenvalue weighted by molar-refractivity contribution is 0.0600. The number of carbonyl (C=O) groups is 1. The topological polar surface area (TPSA) is 84.1 Å². The molecule has 212 valence electrons. The molecule has 0 saturated carbocycles. The van der Waals surface area contributed by atoms with Crippen molar-refractivity contribution in [2.45, 2.75) is 19.9 Å². The highest BCUT2D eigenvalue weighted by atomic mass is 35.5. The number of nitrogens with zero attached hydrogens (tertiary/aromatic N) is 5. The number of nitrogens with one attached hydrogen (secondary N) is 1. The third kappa shape index (κ3) is 4.56. The summed E-state index contributed by atoms with van der Waals surface area (Å²) in [5.74, 6) is 1.55. The number of fused-ring (bicyclic) bond motifs is 4. The van der Waals surface area contributed by atoms with Crippen LogP contribution in [0.5, 0.6) is 0 Å². The predicted molar refractivity (Wildman–Crippen MR) is 171 cm³/mol. The standard InChI is InChI=1S/C34H27ClN6O2/c1-20-13-18-24(19-26(20)35)36-31-33-38-32-29(21(2)39-41(32)25-9-5-4-6-10-25)30(22-14-16-23(17-15-22)34(42)43-3)40(33)28-12-8-7-11-27(28)37-31/h4-19,30H,1-3H3,(H,36,37). The maximum Gasteiger partial charge on any atom is 0.337 e. The molecule has 0 radical (unpaired) electrons. The van der Waals surface area contributed by atoms with Crippen LogP contribution < -0.4 is 10.2 Å². The van der Waals surface area contributed by atoms with Crippen molar-refractivity contribution < 1.29 is 9.53 Å². The predicted octanol–water partition coefficient (Wildman–Crippen LogP) is 7.72. The van der Waals surface area contributed by atoms with Crippen LogP contribution in [-0.2, 0) is 4.74 Å². The molecule has 43 heavy (non-hydrogen) atoms. The van der Waals surface area contributed by atoms with Gasteiger partial charge in [-0.3, -0.25) is 0 Å². The number of methoxy groups -OCH3 is 1. The molecule has 9 heteroatoms. The van der Waals surface area contributed by atoms with Gasteiger partial charge in [0, 0.05) is 16.3 Å². The molecule has 1 N–H and O–H groups in total. The number of benzene rings is 4. The van der Waals surface area contributed by atoms with E-state index in [1.54, 1.807) is 12.1 Å².